The molecule has 0 fully saturated rings. The van der Waals surface area contributed by atoms with E-state index in [-0.39, 0.29) is 6.54 Å². The minimum Gasteiger partial charge on any atom is -0.468 e. The van der Waals surface area contributed by atoms with Gasteiger partial charge in [-0.1, -0.05) is 29.8 Å². The van der Waals surface area contributed by atoms with E-state index >= 15 is 0 Å². The van der Waals surface area contributed by atoms with Crippen molar-refractivity contribution >= 4 is 35.6 Å². The molecular formula is C23H35N3O6S. The predicted octanol–water partition coefficient (Wildman–Crippen LogP) is 2.43. The van der Waals surface area contributed by atoms with Gasteiger partial charge in [-0.25, -0.2) is 4.79 Å². The topological polar surface area (TPSA) is 114 Å². The van der Waals surface area contributed by atoms with Gasteiger partial charge in [0.15, 0.2) is 0 Å². The van der Waals surface area contributed by atoms with E-state index < -0.39 is 41.6 Å². The summed E-state index contributed by atoms with van der Waals surface area (Å²) in [6.07, 6.45) is 1.54. The van der Waals surface area contributed by atoms with Gasteiger partial charge in [-0.05, 0) is 51.7 Å². The number of aryl methyl sites for hydroxylation is 1. The van der Waals surface area contributed by atoms with Gasteiger partial charge in [-0.3, -0.25) is 14.4 Å². The van der Waals surface area contributed by atoms with Gasteiger partial charge in [0.25, 0.3) is 0 Å². The number of hydrogen-bond donors (Lipinski definition) is 2. The van der Waals surface area contributed by atoms with Crippen molar-refractivity contribution in [3.05, 3.63) is 35.4 Å². The zero-order valence-corrected chi connectivity index (χ0v) is 21.2. The molecule has 2 N–H and O–H groups in total. The average Bonchev–Trinajstić information content (AvgIpc) is 2.73. The number of benzene rings is 1. The fourth-order valence-electron chi connectivity index (χ4n) is 3.04. The zero-order chi connectivity index (χ0) is 25.2. The van der Waals surface area contributed by atoms with E-state index in [0.717, 1.165) is 5.56 Å². The molecule has 0 heterocycles. The Bertz CT molecular complexity index is 840. The third-order valence-electron chi connectivity index (χ3n) is 4.58. The van der Waals surface area contributed by atoms with Gasteiger partial charge in [-0.2, -0.15) is 11.8 Å². The molecule has 2 atom stereocenters. The third kappa shape index (κ3) is 9.73. The highest BCUT2D eigenvalue weighted by Crippen LogP contribution is 2.23. The Morgan fingerprint density at radius 3 is 2.39 bits per heavy atom. The second kappa shape index (κ2) is 13.1. The minimum absolute atomic E-state index is 0.328. The molecule has 0 bridgehead atoms. The van der Waals surface area contributed by atoms with Crippen molar-refractivity contribution in [2.75, 3.05) is 32.7 Å². The van der Waals surface area contributed by atoms with Gasteiger partial charge in [0, 0.05) is 7.05 Å². The number of carbonyl (C=O) groups is 4. The van der Waals surface area contributed by atoms with Crippen LogP contribution in [0.1, 0.15) is 44.4 Å². The lowest BCUT2D eigenvalue weighted by molar-refractivity contribution is -0.143. The maximum absolute atomic E-state index is 13.4. The number of nitrogens with zero attached hydrogens (tertiary/aromatic N) is 1. The van der Waals surface area contributed by atoms with E-state index in [0.29, 0.717) is 17.7 Å². The zero-order valence-electron chi connectivity index (χ0n) is 20.4. The van der Waals surface area contributed by atoms with Crippen molar-refractivity contribution in [1.29, 1.82) is 0 Å². The van der Waals surface area contributed by atoms with Crippen LogP contribution in [-0.2, 0) is 23.9 Å². The first-order chi connectivity index (χ1) is 15.4. The number of nitrogens with one attached hydrogen (secondary N) is 2. The first kappa shape index (κ1) is 28.3. The second-order valence-electron chi connectivity index (χ2n) is 8.54. The monoisotopic (exact) mass is 481 g/mol. The van der Waals surface area contributed by atoms with Crippen LogP contribution in [0.15, 0.2) is 24.3 Å². The van der Waals surface area contributed by atoms with E-state index in [4.69, 9.17) is 4.74 Å². The highest BCUT2D eigenvalue weighted by Gasteiger charge is 2.34. The molecule has 9 nitrogen and oxygen atoms in total. The number of carbonyl (C=O) groups excluding carboxylic acids is 4. The largest absolute Gasteiger partial charge is 0.468 e. The third-order valence-corrected chi connectivity index (χ3v) is 5.22. The summed E-state index contributed by atoms with van der Waals surface area (Å²) >= 11 is 1.53. The van der Waals surface area contributed by atoms with Gasteiger partial charge in [0.1, 0.15) is 24.2 Å². The quantitative estimate of drug-likeness (QED) is 0.493. The van der Waals surface area contributed by atoms with Crippen LogP contribution in [0.25, 0.3) is 0 Å². The number of amides is 3. The summed E-state index contributed by atoms with van der Waals surface area (Å²) < 4.78 is 9.89. The van der Waals surface area contributed by atoms with Crippen molar-refractivity contribution in [3.8, 4) is 0 Å². The predicted molar refractivity (Wildman–Crippen MR) is 128 cm³/mol. The molecule has 0 aliphatic rings. The summed E-state index contributed by atoms with van der Waals surface area (Å²) in [5.74, 6) is -0.980. The number of alkyl carbamates (subject to hydrolysis) is 1. The van der Waals surface area contributed by atoms with Gasteiger partial charge in [0.05, 0.1) is 7.11 Å². The van der Waals surface area contributed by atoms with Crippen molar-refractivity contribution in [2.45, 2.75) is 51.8 Å². The number of ether oxygens (including phenoxy) is 2. The van der Waals surface area contributed by atoms with E-state index in [1.807, 2.05) is 19.2 Å². The fourth-order valence-corrected chi connectivity index (χ4v) is 3.51. The summed E-state index contributed by atoms with van der Waals surface area (Å²) in [5, 5.41) is 5.15. The highest BCUT2D eigenvalue weighted by molar-refractivity contribution is 7.98. The van der Waals surface area contributed by atoms with Gasteiger partial charge in [0.2, 0.25) is 11.8 Å². The molecule has 1 rings (SSSR count). The Hall–Kier alpha value is -2.75. The lowest BCUT2D eigenvalue weighted by Gasteiger charge is -2.31. The summed E-state index contributed by atoms with van der Waals surface area (Å²) in [5.41, 5.74) is 0.764. The van der Waals surface area contributed by atoms with Crippen molar-refractivity contribution in [1.82, 2.24) is 15.5 Å². The Morgan fingerprint density at radius 2 is 1.85 bits per heavy atom. The molecule has 33 heavy (non-hydrogen) atoms. The summed E-state index contributed by atoms with van der Waals surface area (Å²) in [6, 6.07) is 5.28. The number of thioether (sulfide) groups is 1. The number of methoxy groups -OCH3 is 1. The van der Waals surface area contributed by atoms with Crippen LogP contribution in [-0.4, -0.2) is 73.1 Å². The molecule has 184 valence electrons. The Kier molecular flexibility index (Phi) is 11.2. The van der Waals surface area contributed by atoms with Crippen LogP contribution in [0.2, 0.25) is 0 Å². The molecule has 0 aromatic heterocycles. The second-order valence-corrected chi connectivity index (χ2v) is 9.53. The van der Waals surface area contributed by atoms with Crippen LogP contribution in [0.4, 0.5) is 4.79 Å². The molecular weight excluding hydrogens is 446 g/mol. The van der Waals surface area contributed by atoms with E-state index in [2.05, 4.69) is 15.4 Å². The van der Waals surface area contributed by atoms with Crippen LogP contribution in [0.5, 0.6) is 0 Å². The Morgan fingerprint density at radius 1 is 1.18 bits per heavy atom. The van der Waals surface area contributed by atoms with Crippen LogP contribution >= 0.6 is 11.8 Å². The van der Waals surface area contributed by atoms with E-state index in [9.17, 15) is 19.2 Å². The van der Waals surface area contributed by atoms with Crippen molar-refractivity contribution in [3.63, 3.8) is 0 Å². The first-order valence-electron chi connectivity index (χ1n) is 10.6. The van der Waals surface area contributed by atoms with Crippen molar-refractivity contribution < 1.29 is 28.7 Å². The number of hydrogen-bond acceptors (Lipinski definition) is 7. The normalized spacial score (nSPS) is 12.8. The minimum atomic E-state index is -1.01. The summed E-state index contributed by atoms with van der Waals surface area (Å²) in [7, 11) is 2.72. The SMILES string of the molecule is COC(=O)CNC(=O)C(c1cccc(C)c1)N(C)C(=O)C(CCSC)NC(=O)OC(C)(C)C. The molecule has 10 heteroatoms. The molecule has 2 unspecified atom stereocenters. The van der Waals surface area contributed by atoms with E-state index in [1.165, 1.54) is 30.8 Å². The molecule has 0 radical (unpaired) electrons. The highest BCUT2D eigenvalue weighted by atomic mass is 32.2. The maximum Gasteiger partial charge on any atom is 0.408 e. The van der Waals surface area contributed by atoms with Crippen LogP contribution < -0.4 is 10.6 Å². The van der Waals surface area contributed by atoms with Crippen LogP contribution in [0.3, 0.4) is 0 Å². The standard InChI is InChI=1S/C23H35N3O6S/c1-15-9-8-10-16(13-15)19(20(28)24-14-18(27)31-6)26(5)21(29)17(11-12-33-7)25-22(30)32-23(2,3)4/h8-10,13,17,19H,11-12,14H2,1-7H3,(H,24,28)(H,25,30). The number of likely N-dealkylation sites (N-methyl/N-ethyl adjacent to an activating group) is 1. The number of esters is 1. The smallest absolute Gasteiger partial charge is 0.408 e. The van der Waals surface area contributed by atoms with Crippen molar-refractivity contribution in [2.24, 2.45) is 0 Å². The maximum atomic E-state index is 13.4. The molecule has 0 saturated heterocycles. The van der Waals surface area contributed by atoms with Crippen LogP contribution in [0, 0.1) is 6.92 Å². The van der Waals surface area contributed by atoms with Gasteiger partial charge in [-0.15, -0.1) is 0 Å². The molecule has 0 aliphatic heterocycles. The Labute approximate surface area is 199 Å². The summed E-state index contributed by atoms with van der Waals surface area (Å²) in [6.45, 7) is 6.75. The van der Waals surface area contributed by atoms with E-state index in [1.54, 1.807) is 39.0 Å². The lowest BCUT2D eigenvalue weighted by Crippen LogP contribution is -2.52. The molecule has 0 saturated carbocycles. The first-order valence-corrected chi connectivity index (χ1v) is 11.9. The molecule has 1 aromatic carbocycles. The summed E-state index contributed by atoms with van der Waals surface area (Å²) in [4.78, 5) is 51.6. The average molecular weight is 482 g/mol. The van der Waals surface area contributed by atoms with Gasteiger partial charge < -0.3 is 25.0 Å². The Balaban J connectivity index is 3.20. The molecule has 3 amide bonds. The molecule has 0 spiro atoms. The molecule has 0 aliphatic carbocycles. The fraction of sp³-hybridized carbons (Fsp3) is 0.565. The lowest BCUT2D eigenvalue weighted by atomic mass is 10.0. The molecule has 1 aromatic rings. The number of rotatable bonds is 10. The van der Waals surface area contributed by atoms with Gasteiger partial charge >= 0.3 is 12.1 Å².